The Bertz CT molecular complexity index is 1110. The van der Waals surface area contributed by atoms with Crippen molar-refractivity contribution >= 4 is 22.2 Å². The third kappa shape index (κ3) is 2.87. The number of rotatable bonds is 3. The summed E-state index contributed by atoms with van der Waals surface area (Å²) in [5.74, 6) is -0.366. The molecule has 0 atom stereocenters. The molecular weight excluding hydrogens is 318 g/mol. The normalized spacial score (nSPS) is 11.9. The second-order valence-electron chi connectivity index (χ2n) is 5.85. The largest absolute Gasteiger partial charge is 0.494 e. The van der Waals surface area contributed by atoms with Crippen LogP contribution in [0.5, 0.6) is 5.88 Å². The van der Waals surface area contributed by atoms with Crippen molar-refractivity contribution < 1.29 is 5.11 Å². The van der Waals surface area contributed by atoms with E-state index in [1.807, 2.05) is 49.4 Å². The molecule has 0 aliphatic rings. The number of aliphatic imine (C=N–C) groups is 1. The van der Waals surface area contributed by atoms with Crippen molar-refractivity contribution in [1.29, 1.82) is 0 Å². The Morgan fingerprint density at radius 2 is 1.72 bits per heavy atom. The van der Waals surface area contributed by atoms with Crippen LogP contribution in [0.15, 0.2) is 57.0 Å². The van der Waals surface area contributed by atoms with Crippen LogP contribution < -0.4 is 11.2 Å². The molecule has 3 aromatic rings. The van der Waals surface area contributed by atoms with E-state index in [0.717, 1.165) is 19.9 Å². The summed E-state index contributed by atoms with van der Waals surface area (Å²) in [6.07, 6.45) is 0.438. The highest BCUT2D eigenvalue weighted by atomic mass is 16.3. The molecule has 0 bridgehead atoms. The number of nitrogens with zero attached hydrogens (tertiary/aromatic N) is 3. The van der Waals surface area contributed by atoms with Crippen molar-refractivity contribution in [3.05, 3.63) is 68.9 Å². The van der Waals surface area contributed by atoms with Crippen LogP contribution in [0, 0.1) is 0 Å². The molecule has 3 rings (SSSR count). The fraction of sp³-hybridized carbons (Fsp3) is 0.211. The lowest BCUT2D eigenvalue weighted by atomic mass is 10.1. The summed E-state index contributed by atoms with van der Waals surface area (Å²) in [6, 6.07) is 13.7. The molecule has 6 heteroatoms. The number of fused-ring (bicyclic) bond motifs is 1. The van der Waals surface area contributed by atoms with E-state index in [9.17, 15) is 14.7 Å². The van der Waals surface area contributed by atoms with E-state index in [2.05, 4.69) is 4.99 Å². The van der Waals surface area contributed by atoms with Gasteiger partial charge >= 0.3 is 5.69 Å². The second-order valence-corrected chi connectivity index (χ2v) is 5.85. The van der Waals surface area contributed by atoms with Gasteiger partial charge in [-0.05, 0) is 29.3 Å². The molecule has 25 heavy (non-hydrogen) atoms. The number of hydrogen-bond donors (Lipinski definition) is 1. The summed E-state index contributed by atoms with van der Waals surface area (Å²) in [4.78, 5) is 28.9. The van der Waals surface area contributed by atoms with Gasteiger partial charge in [0.1, 0.15) is 5.56 Å². The van der Waals surface area contributed by atoms with Crippen molar-refractivity contribution in [2.45, 2.75) is 13.3 Å². The molecule has 6 nitrogen and oxygen atoms in total. The predicted octanol–water partition coefficient (Wildman–Crippen LogP) is 2.47. The summed E-state index contributed by atoms with van der Waals surface area (Å²) >= 11 is 0. The molecule has 0 aliphatic heterocycles. The Kier molecular flexibility index (Phi) is 4.27. The smallest absolute Gasteiger partial charge is 0.333 e. The Balaban J connectivity index is 2.22. The van der Waals surface area contributed by atoms with Gasteiger partial charge in [0, 0.05) is 14.1 Å². The Labute approximate surface area is 144 Å². The zero-order valence-corrected chi connectivity index (χ0v) is 14.4. The van der Waals surface area contributed by atoms with Crippen LogP contribution in [0.4, 0.5) is 5.69 Å². The molecule has 0 aliphatic carbocycles. The maximum atomic E-state index is 12.5. The van der Waals surface area contributed by atoms with Gasteiger partial charge in [0.2, 0.25) is 5.88 Å². The minimum Gasteiger partial charge on any atom is -0.494 e. The van der Waals surface area contributed by atoms with Gasteiger partial charge in [-0.1, -0.05) is 37.3 Å². The summed E-state index contributed by atoms with van der Waals surface area (Å²) in [6.45, 7) is 1.85. The summed E-state index contributed by atoms with van der Waals surface area (Å²) in [5.41, 5.74) is 0.0458. The SMILES string of the molecule is CCC(=Nc1ccc2ccccc2c1)c1c(O)n(C)c(=O)n(C)c1=O. The molecule has 0 unspecified atom stereocenters. The fourth-order valence-corrected chi connectivity index (χ4v) is 2.80. The maximum Gasteiger partial charge on any atom is 0.333 e. The molecule has 0 spiro atoms. The van der Waals surface area contributed by atoms with E-state index >= 15 is 0 Å². The van der Waals surface area contributed by atoms with E-state index in [1.165, 1.54) is 14.1 Å². The highest BCUT2D eigenvalue weighted by Crippen LogP contribution is 2.23. The fourth-order valence-electron chi connectivity index (χ4n) is 2.80. The third-order valence-corrected chi connectivity index (χ3v) is 4.25. The summed E-state index contributed by atoms with van der Waals surface area (Å²) < 4.78 is 2.02. The molecule has 0 radical (unpaired) electrons. The van der Waals surface area contributed by atoms with E-state index in [0.29, 0.717) is 17.8 Å². The molecule has 0 amide bonds. The van der Waals surface area contributed by atoms with Crippen molar-refractivity contribution in [3.63, 3.8) is 0 Å². The highest BCUT2D eigenvalue weighted by molar-refractivity contribution is 6.03. The van der Waals surface area contributed by atoms with E-state index in [1.54, 1.807) is 0 Å². The zero-order chi connectivity index (χ0) is 18.1. The van der Waals surface area contributed by atoms with Crippen molar-refractivity contribution in [1.82, 2.24) is 9.13 Å². The quantitative estimate of drug-likeness (QED) is 0.746. The molecule has 2 aromatic carbocycles. The summed E-state index contributed by atoms with van der Waals surface area (Å²) in [5, 5.41) is 12.4. The topological polar surface area (TPSA) is 76.6 Å². The van der Waals surface area contributed by atoms with Crippen LogP contribution in [-0.2, 0) is 14.1 Å². The average molecular weight is 337 g/mol. The lowest BCUT2D eigenvalue weighted by Gasteiger charge is -2.11. The first kappa shape index (κ1) is 16.7. The molecular formula is C19H19N3O3. The Morgan fingerprint density at radius 1 is 1.04 bits per heavy atom. The van der Waals surface area contributed by atoms with Crippen LogP contribution in [0.1, 0.15) is 18.9 Å². The van der Waals surface area contributed by atoms with E-state index in [4.69, 9.17) is 0 Å². The highest BCUT2D eigenvalue weighted by Gasteiger charge is 2.19. The minimum atomic E-state index is -0.576. The first-order valence-electron chi connectivity index (χ1n) is 7.99. The van der Waals surface area contributed by atoms with Crippen LogP contribution >= 0.6 is 0 Å². The van der Waals surface area contributed by atoms with Crippen molar-refractivity contribution in [2.75, 3.05) is 0 Å². The van der Waals surface area contributed by atoms with E-state index < -0.39 is 11.2 Å². The van der Waals surface area contributed by atoms with Gasteiger partial charge < -0.3 is 5.11 Å². The number of benzene rings is 2. The molecule has 0 saturated carbocycles. The third-order valence-electron chi connectivity index (χ3n) is 4.25. The zero-order valence-electron chi connectivity index (χ0n) is 14.4. The van der Waals surface area contributed by atoms with Gasteiger partial charge in [0.05, 0.1) is 11.4 Å². The predicted molar refractivity (Wildman–Crippen MR) is 99.0 cm³/mol. The second kappa shape index (κ2) is 6.39. The Hall–Kier alpha value is -3.15. The lowest BCUT2D eigenvalue weighted by molar-refractivity contribution is 0.410. The van der Waals surface area contributed by atoms with Gasteiger partial charge in [-0.15, -0.1) is 0 Å². The first-order chi connectivity index (χ1) is 11.9. The van der Waals surface area contributed by atoms with Crippen LogP contribution in [0.25, 0.3) is 10.8 Å². The van der Waals surface area contributed by atoms with Crippen LogP contribution in [0.3, 0.4) is 0 Å². The Morgan fingerprint density at radius 3 is 2.40 bits per heavy atom. The van der Waals surface area contributed by atoms with Crippen LogP contribution in [0.2, 0.25) is 0 Å². The maximum absolute atomic E-state index is 12.5. The molecule has 0 fully saturated rings. The van der Waals surface area contributed by atoms with Gasteiger partial charge in [-0.2, -0.15) is 0 Å². The molecule has 0 saturated heterocycles. The van der Waals surface area contributed by atoms with Crippen molar-refractivity contribution in [3.8, 4) is 5.88 Å². The molecule has 1 aromatic heterocycles. The van der Waals surface area contributed by atoms with Crippen molar-refractivity contribution in [2.24, 2.45) is 19.1 Å². The molecule has 1 N–H and O–H groups in total. The molecule has 1 heterocycles. The monoisotopic (exact) mass is 337 g/mol. The van der Waals surface area contributed by atoms with Gasteiger partial charge in [0.15, 0.2) is 0 Å². The number of aromatic hydroxyl groups is 1. The average Bonchev–Trinajstić information content (AvgIpc) is 2.64. The van der Waals surface area contributed by atoms with Crippen LogP contribution in [-0.4, -0.2) is 20.0 Å². The minimum absolute atomic E-state index is 0.0558. The standard InChI is InChI=1S/C19H19N3O3/c1-4-15(16-17(23)21(2)19(25)22(3)18(16)24)20-14-10-9-12-7-5-6-8-13(12)11-14/h5-11,23H,4H2,1-3H3. The first-order valence-corrected chi connectivity index (χ1v) is 7.99. The number of aromatic nitrogens is 2. The number of hydrogen-bond acceptors (Lipinski definition) is 4. The van der Waals surface area contributed by atoms with E-state index in [-0.39, 0.29) is 11.4 Å². The van der Waals surface area contributed by atoms with Gasteiger partial charge in [0.25, 0.3) is 5.56 Å². The lowest BCUT2D eigenvalue weighted by Crippen LogP contribution is -2.40. The van der Waals surface area contributed by atoms with Gasteiger partial charge in [-0.25, -0.2) is 4.79 Å². The van der Waals surface area contributed by atoms with Gasteiger partial charge in [-0.3, -0.25) is 18.9 Å². The molecule has 128 valence electrons. The summed E-state index contributed by atoms with van der Waals surface area (Å²) in [7, 11) is 2.81.